The van der Waals surface area contributed by atoms with Crippen molar-refractivity contribution in [3.8, 4) is 16.9 Å². The van der Waals surface area contributed by atoms with E-state index in [-0.39, 0.29) is 11.7 Å². The van der Waals surface area contributed by atoms with E-state index >= 15 is 0 Å². The van der Waals surface area contributed by atoms with Crippen LogP contribution in [0.4, 0.5) is 5.82 Å². The Kier molecular flexibility index (Phi) is 8.26. The molecule has 9 nitrogen and oxygen atoms in total. The molecule has 2 N–H and O–H groups in total. The van der Waals surface area contributed by atoms with Crippen LogP contribution in [-0.4, -0.2) is 56.6 Å². The van der Waals surface area contributed by atoms with Crippen molar-refractivity contribution in [2.45, 2.75) is 39.0 Å². The maximum Gasteiger partial charge on any atom is 0.294 e. The molecular formula is C30H32N6O3. The second kappa shape index (κ2) is 12.3. The third-order valence-corrected chi connectivity index (χ3v) is 6.75. The Labute approximate surface area is 227 Å². The molecule has 0 atom stereocenters. The number of aromatic nitrogens is 4. The van der Waals surface area contributed by atoms with Crippen LogP contribution >= 0.6 is 0 Å². The summed E-state index contributed by atoms with van der Waals surface area (Å²) < 4.78 is 6.00. The second-order valence-corrected chi connectivity index (χ2v) is 9.68. The van der Waals surface area contributed by atoms with Gasteiger partial charge in [0.25, 0.3) is 5.91 Å². The Bertz CT molecular complexity index is 1440. The van der Waals surface area contributed by atoms with Gasteiger partial charge in [0.05, 0.1) is 6.61 Å². The number of carbonyl (C=O) groups is 2. The Morgan fingerprint density at radius 1 is 1.08 bits per heavy atom. The Balaban J connectivity index is 1.20. The number of anilines is 1. The summed E-state index contributed by atoms with van der Waals surface area (Å²) in [7, 11) is 0. The molecule has 0 radical (unpaired) electrons. The zero-order valence-electron chi connectivity index (χ0n) is 22.0. The van der Waals surface area contributed by atoms with Gasteiger partial charge in [-0.3, -0.25) is 9.59 Å². The van der Waals surface area contributed by atoms with E-state index in [9.17, 15) is 9.59 Å². The largest absolute Gasteiger partial charge is 0.494 e. The van der Waals surface area contributed by atoms with E-state index in [1.54, 1.807) is 6.20 Å². The molecule has 2 aromatic heterocycles. The normalized spacial score (nSPS) is 13.4. The summed E-state index contributed by atoms with van der Waals surface area (Å²) in [5.74, 6) is 1.75. The lowest BCUT2D eigenvalue weighted by molar-refractivity contribution is -0.133. The maximum atomic E-state index is 12.8. The number of nitrogens with one attached hydrogen (secondary N) is 2. The molecule has 1 fully saturated rings. The van der Waals surface area contributed by atoms with E-state index in [1.807, 2.05) is 72.5 Å². The van der Waals surface area contributed by atoms with Gasteiger partial charge < -0.3 is 19.9 Å². The van der Waals surface area contributed by atoms with Crippen LogP contribution in [-0.2, 0) is 11.2 Å². The first-order valence-corrected chi connectivity index (χ1v) is 13.3. The number of nitrogens with zero attached hydrogens (tertiary/aromatic N) is 4. The summed E-state index contributed by atoms with van der Waals surface area (Å²) in [6.45, 7) is 4.14. The molecule has 3 heterocycles. The minimum Gasteiger partial charge on any atom is -0.494 e. The molecule has 1 aliphatic heterocycles. The van der Waals surface area contributed by atoms with Gasteiger partial charge in [-0.1, -0.05) is 36.4 Å². The maximum absolute atomic E-state index is 12.8. The van der Waals surface area contributed by atoms with Crippen LogP contribution in [0.3, 0.4) is 0 Å². The lowest BCUT2D eigenvalue weighted by Crippen LogP contribution is -2.36. The Hall–Kier alpha value is -4.53. The Morgan fingerprint density at radius 2 is 1.95 bits per heavy atom. The smallest absolute Gasteiger partial charge is 0.294 e. The molecule has 0 unspecified atom stereocenters. The van der Waals surface area contributed by atoms with E-state index in [0.717, 1.165) is 60.4 Å². The number of amides is 2. The first-order chi connectivity index (χ1) is 19.0. The summed E-state index contributed by atoms with van der Waals surface area (Å²) in [6.07, 6.45) is 5.74. The fourth-order valence-electron chi connectivity index (χ4n) is 4.66. The minimum absolute atomic E-state index is 0.131. The number of carbonyl (C=O) groups excluding carboxylic acids is 2. The molecule has 2 aromatic carbocycles. The van der Waals surface area contributed by atoms with Crippen LogP contribution in [0.25, 0.3) is 11.1 Å². The molecule has 5 rings (SSSR count). The van der Waals surface area contributed by atoms with Crippen LogP contribution in [0, 0.1) is 6.92 Å². The molecule has 4 aromatic rings. The average molecular weight is 525 g/mol. The van der Waals surface area contributed by atoms with E-state index < -0.39 is 5.91 Å². The zero-order valence-corrected chi connectivity index (χ0v) is 22.0. The summed E-state index contributed by atoms with van der Waals surface area (Å²) in [5, 5.41) is 10.9. The number of hydrogen-bond donors (Lipinski definition) is 2. The van der Waals surface area contributed by atoms with Gasteiger partial charge in [-0.05, 0) is 72.7 Å². The van der Waals surface area contributed by atoms with Crippen molar-refractivity contribution in [3.63, 3.8) is 0 Å². The topological polar surface area (TPSA) is 113 Å². The number of aromatic amines is 1. The number of likely N-dealkylation sites (tertiary alicyclic amines) is 1. The summed E-state index contributed by atoms with van der Waals surface area (Å²) in [4.78, 5) is 34.0. The summed E-state index contributed by atoms with van der Waals surface area (Å²) in [5.41, 5.74) is 4.05. The van der Waals surface area contributed by atoms with Crippen molar-refractivity contribution in [1.82, 2.24) is 25.1 Å². The predicted molar refractivity (Wildman–Crippen MR) is 149 cm³/mol. The quantitative estimate of drug-likeness (QED) is 0.288. The van der Waals surface area contributed by atoms with Gasteiger partial charge in [0, 0.05) is 32.1 Å². The lowest BCUT2D eigenvalue weighted by Gasteiger charge is -2.26. The number of pyridine rings is 1. The average Bonchev–Trinajstić information content (AvgIpc) is 3.42. The highest BCUT2D eigenvalue weighted by Crippen LogP contribution is 2.29. The molecule has 0 saturated carbocycles. The van der Waals surface area contributed by atoms with E-state index in [4.69, 9.17) is 4.74 Å². The van der Waals surface area contributed by atoms with Gasteiger partial charge in [0.2, 0.25) is 11.7 Å². The zero-order chi connectivity index (χ0) is 27.0. The van der Waals surface area contributed by atoms with Crippen LogP contribution in [0.1, 0.15) is 53.3 Å². The van der Waals surface area contributed by atoms with E-state index in [1.165, 1.54) is 0 Å². The monoisotopic (exact) mass is 524 g/mol. The fourth-order valence-corrected chi connectivity index (χ4v) is 4.66. The van der Waals surface area contributed by atoms with Crippen LogP contribution < -0.4 is 10.1 Å². The second-order valence-electron chi connectivity index (χ2n) is 9.68. The van der Waals surface area contributed by atoms with Gasteiger partial charge in [-0.15, -0.1) is 10.2 Å². The van der Waals surface area contributed by atoms with Crippen molar-refractivity contribution in [2.75, 3.05) is 25.0 Å². The Morgan fingerprint density at radius 3 is 2.79 bits per heavy atom. The summed E-state index contributed by atoms with van der Waals surface area (Å²) in [6, 6.07) is 19.6. The van der Waals surface area contributed by atoms with Crippen molar-refractivity contribution in [3.05, 3.63) is 89.6 Å². The highest BCUT2D eigenvalue weighted by Gasteiger charge is 2.17. The number of ether oxygens (including phenoxy) is 1. The molecule has 1 aliphatic rings. The van der Waals surface area contributed by atoms with Crippen molar-refractivity contribution in [1.29, 1.82) is 0 Å². The molecule has 1 saturated heterocycles. The highest BCUT2D eigenvalue weighted by molar-refractivity contribution is 6.01. The van der Waals surface area contributed by atoms with Crippen LogP contribution in [0.15, 0.2) is 66.9 Å². The van der Waals surface area contributed by atoms with Gasteiger partial charge in [-0.2, -0.15) is 0 Å². The number of rotatable bonds is 10. The SMILES string of the molecule is Cc1ccc(OCCCN2CCCCC2=O)cc1-c1ccnc(NC(=O)c2nnc(Cc3ccccc3)[nH]2)c1. The fraction of sp³-hybridized carbons (Fsp3) is 0.300. The predicted octanol–water partition coefficient (Wildman–Crippen LogP) is 4.80. The van der Waals surface area contributed by atoms with Crippen molar-refractivity contribution >= 4 is 17.6 Å². The third-order valence-electron chi connectivity index (χ3n) is 6.75. The molecule has 0 aliphatic carbocycles. The third kappa shape index (κ3) is 6.87. The van der Waals surface area contributed by atoms with Gasteiger partial charge in [-0.25, -0.2) is 4.98 Å². The van der Waals surface area contributed by atoms with Crippen molar-refractivity contribution in [2.24, 2.45) is 0 Å². The number of H-pyrrole nitrogens is 1. The van der Waals surface area contributed by atoms with Crippen molar-refractivity contribution < 1.29 is 14.3 Å². The molecular weight excluding hydrogens is 492 g/mol. The lowest BCUT2D eigenvalue weighted by atomic mass is 10.0. The van der Waals surface area contributed by atoms with Crippen LogP contribution in [0.2, 0.25) is 0 Å². The molecule has 200 valence electrons. The van der Waals surface area contributed by atoms with Crippen LogP contribution in [0.5, 0.6) is 5.75 Å². The van der Waals surface area contributed by atoms with Gasteiger partial charge >= 0.3 is 0 Å². The highest BCUT2D eigenvalue weighted by atomic mass is 16.5. The molecule has 0 spiro atoms. The summed E-state index contributed by atoms with van der Waals surface area (Å²) >= 11 is 0. The number of aryl methyl sites for hydroxylation is 1. The number of benzene rings is 2. The minimum atomic E-state index is -0.410. The molecule has 39 heavy (non-hydrogen) atoms. The van der Waals surface area contributed by atoms with E-state index in [0.29, 0.717) is 31.1 Å². The number of hydrogen-bond acceptors (Lipinski definition) is 6. The number of piperidine rings is 1. The molecule has 9 heteroatoms. The first-order valence-electron chi connectivity index (χ1n) is 13.3. The molecule has 2 amide bonds. The standard InChI is InChI=1S/C30H32N6O3/c1-21-11-12-24(39-17-7-16-36-15-6-5-10-28(36)37)20-25(21)23-13-14-31-26(19-23)33-30(38)29-32-27(34-35-29)18-22-8-3-2-4-9-22/h2-4,8-9,11-14,19-20H,5-7,10,15-18H2,1H3,(H,31,33,38)(H,32,34,35). The van der Waals surface area contributed by atoms with Gasteiger partial charge in [0.1, 0.15) is 17.4 Å². The van der Waals surface area contributed by atoms with E-state index in [2.05, 4.69) is 25.5 Å². The van der Waals surface area contributed by atoms with Gasteiger partial charge in [0.15, 0.2) is 0 Å². The molecule has 0 bridgehead atoms. The first kappa shape index (κ1) is 26.1.